The maximum atomic E-state index is 14.7. The van der Waals surface area contributed by atoms with Gasteiger partial charge in [-0.3, -0.25) is 14.4 Å². The monoisotopic (exact) mass is 374 g/mol. The molecule has 1 aliphatic heterocycles. The Kier molecular flexibility index (Phi) is 5.99. The lowest BCUT2D eigenvalue weighted by Gasteiger charge is -2.33. The summed E-state index contributed by atoms with van der Waals surface area (Å²) in [7, 11) is 0. The topological polar surface area (TPSA) is 66.5 Å². The van der Waals surface area contributed by atoms with E-state index in [2.05, 4.69) is 5.32 Å². The molecular formula is C17H18F4N2O3. The highest BCUT2D eigenvalue weighted by Crippen LogP contribution is 2.32. The summed E-state index contributed by atoms with van der Waals surface area (Å²) in [6.07, 6.45) is -4.28. The third kappa shape index (κ3) is 4.59. The van der Waals surface area contributed by atoms with E-state index in [0.29, 0.717) is 17.7 Å². The van der Waals surface area contributed by atoms with Crippen molar-refractivity contribution in [1.29, 1.82) is 0 Å². The minimum atomic E-state index is -4.98. The zero-order valence-corrected chi connectivity index (χ0v) is 14.0. The van der Waals surface area contributed by atoms with Crippen molar-refractivity contribution >= 4 is 17.6 Å². The minimum Gasteiger partial charge on any atom is -0.345 e. The first kappa shape index (κ1) is 19.9. The summed E-state index contributed by atoms with van der Waals surface area (Å²) in [5.41, 5.74) is -0.205. The van der Waals surface area contributed by atoms with Crippen molar-refractivity contribution in [1.82, 2.24) is 10.2 Å². The summed E-state index contributed by atoms with van der Waals surface area (Å²) in [5, 5.41) is 2.27. The molecule has 1 heterocycles. The fourth-order valence-corrected chi connectivity index (χ4v) is 2.94. The number of carbonyl (C=O) groups excluding carboxylic acids is 3. The first-order valence-corrected chi connectivity index (χ1v) is 8.03. The van der Waals surface area contributed by atoms with Crippen LogP contribution < -0.4 is 5.32 Å². The number of alkyl halides is 3. The van der Waals surface area contributed by atoms with Crippen LogP contribution in [0.4, 0.5) is 17.6 Å². The molecule has 0 spiro atoms. The van der Waals surface area contributed by atoms with Gasteiger partial charge in [-0.15, -0.1) is 0 Å². The molecule has 1 aliphatic rings. The molecule has 2 amide bonds. The second-order valence-corrected chi connectivity index (χ2v) is 6.18. The van der Waals surface area contributed by atoms with Crippen molar-refractivity contribution in [3.05, 3.63) is 35.1 Å². The molecule has 0 aliphatic carbocycles. The molecule has 0 bridgehead atoms. The number of rotatable bonds is 4. The van der Waals surface area contributed by atoms with Gasteiger partial charge < -0.3 is 10.2 Å². The Balaban J connectivity index is 2.20. The molecule has 1 aromatic carbocycles. The number of piperidine rings is 1. The van der Waals surface area contributed by atoms with E-state index in [1.165, 1.54) is 25.1 Å². The van der Waals surface area contributed by atoms with Crippen molar-refractivity contribution in [2.45, 2.75) is 31.9 Å². The second kappa shape index (κ2) is 7.84. The molecule has 5 nitrogen and oxygen atoms in total. The lowest BCUT2D eigenvalue weighted by Crippen LogP contribution is -2.46. The molecule has 2 rings (SSSR count). The van der Waals surface area contributed by atoms with E-state index < -0.39 is 29.7 Å². The fraction of sp³-hybridized carbons (Fsp3) is 0.471. The Labute approximate surface area is 147 Å². The third-order valence-electron chi connectivity index (χ3n) is 4.16. The first-order chi connectivity index (χ1) is 12.1. The van der Waals surface area contributed by atoms with Gasteiger partial charge in [0.1, 0.15) is 11.6 Å². The van der Waals surface area contributed by atoms with Crippen LogP contribution in [0.5, 0.6) is 0 Å². The van der Waals surface area contributed by atoms with Crippen molar-refractivity contribution in [3.63, 3.8) is 0 Å². The lowest BCUT2D eigenvalue weighted by molar-refractivity contribution is -0.186. The molecule has 0 aromatic heterocycles. The maximum absolute atomic E-state index is 14.7. The Morgan fingerprint density at radius 3 is 2.58 bits per heavy atom. The van der Waals surface area contributed by atoms with Gasteiger partial charge in [0, 0.05) is 19.0 Å². The first-order valence-electron chi connectivity index (χ1n) is 8.03. The third-order valence-corrected chi connectivity index (χ3v) is 4.16. The summed E-state index contributed by atoms with van der Waals surface area (Å²) in [4.78, 5) is 35.0. The van der Waals surface area contributed by atoms with Gasteiger partial charge in [-0.1, -0.05) is 12.1 Å². The van der Waals surface area contributed by atoms with Crippen molar-refractivity contribution in [3.8, 4) is 0 Å². The Morgan fingerprint density at radius 2 is 1.96 bits per heavy atom. The van der Waals surface area contributed by atoms with Crippen LogP contribution in [0.25, 0.3) is 0 Å². The van der Waals surface area contributed by atoms with E-state index in [9.17, 15) is 31.9 Å². The SMILES string of the molecule is CC(=O)CNC(=O)c1cccc(C2CCCN(C(=O)C(F)(F)F)C2)c1F. The molecule has 1 atom stereocenters. The van der Waals surface area contributed by atoms with Crippen LogP contribution in [-0.2, 0) is 9.59 Å². The molecule has 0 radical (unpaired) electrons. The highest BCUT2D eigenvalue weighted by molar-refractivity contribution is 5.96. The molecule has 142 valence electrons. The number of nitrogens with one attached hydrogen (secondary N) is 1. The largest absolute Gasteiger partial charge is 0.471 e. The number of hydrogen-bond acceptors (Lipinski definition) is 3. The van der Waals surface area contributed by atoms with Crippen LogP contribution in [0.3, 0.4) is 0 Å². The van der Waals surface area contributed by atoms with Gasteiger partial charge in [0.2, 0.25) is 0 Å². The van der Waals surface area contributed by atoms with Crippen molar-refractivity contribution in [2.75, 3.05) is 19.6 Å². The van der Waals surface area contributed by atoms with Crippen LogP contribution in [-0.4, -0.2) is 48.3 Å². The zero-order chi connectivity index (χ0) is 19.5. The minimum absolute atomic E-state index is 0.0464. The van der Waals surface area contributed by atoms with E-state index >= 15 is 0 Å². The fourth-order valence-electron chi connectivity index (χ4n) is 2.94. The van der Waals surface area contributed by atoms with Crippen molar-refractivity contribution in [2.24, 2.45) is 0 Å². The van der Waals surface area contributed by atoms with Gasteiger partial charge >= 0.3 is 12.1 Å². The van der Waals surface area contributed by atoms with Gasteiger partial charge in [-0.2, -0.15) is 13.2 Å². The van der Waals surface area contributed by atoms with Gasteiger partial charge in [0.05, 0.1) is 12.1 Å². The van der Waals surface area contributed by atoms with E-state index in [-0.39, 0.29) is 36.5 Å². The summed E-state index contributed by atoms with van der Waals surface area (Å²) < 4.78 is 52.6. The van der Waals surface area contributed by atoms with E-state index in [4.69, 9.17) is 0 Å². The summed E-state index contributed by atoms with van der Waals surface area (Å²) >= 11 is 0. The number of benzene rings is 1. The number of hydrogen-bond donors (Lipinski definition) is 1. The van der Waals surface area contributed by atoms with Crippen LogP contribution in [0.1, 0.15) is 41.6 Å². The molecule has 26 heavy (non-hydrogen) atoms. The number of ketones is 1. The second-order valence-electron chi connectivity index (χ2n) is 6.18. The average Bonchev–Trinajstić information content (AvgIpc) is 2.58. The molecular weight excluding hydrogens is 356 g/mol. The molecule has 1 N–H and O–H groups in total. The van der Waals surface area contributed by atoms with Crippen LogP contribution in [0.15, 0.2) is 18.2 Å². The summed E-state index contributed by atoms with van der Waals surface area (Å²) in [5.74, 6) is -4.52. The zero-order valence-electron chi connectivity index (χ0n) is 14.0. The molecule has 1 unspecified atom stereocenters. The smallest absolute Gasteiger partial charge is 0.345 e. The Hall–Kier alpha value is -2.45. The summed E-state index contributed by atoms with van der Waals surface area (Å²) in [6.45, 7) is 0.699. The number of nitrogens with zero attached hydrogens (tertiary/aromatic N) is 1. The number of carbonyl (C=O) groups is 3. The van der Waals surface area contributed by atoms with Gasteiger partial charge in [-0.05, 0) is 31.4 Å². The average molecular weight is 374 g/mol. The van der Waals surface area contributed by atoms with Crippen LogP contribution in [0.2, 0.25) is 0 Å². The van der Waals surface area contributed by atoms with E-state index in [1.807, 2.05) is 0 Å². The van der Waals surface area contributed by atoms with Gasteiger partial charge in [0.15, 0.2) is 0 Å². The molecule has 0 saturated carbocycles. The van der Waals surface area contributed by atoms with Crippen LogP contribution >= 0.6 is 0 Å². The molecule has 9 heteroatoms. The number of Topliss-reactive ketones (excluding diaryl/α,β-unsaturated/α-hetero) is 1. The predicted octanol–water partition coefficient (Wildman–Crippen LogP) is 2.41. The quantitative estimate of drug-likeness (QED) is 0.823. The molecule has 1 aromatic rings. The molecule has 1 saturated heterocycles. The lowest BCUT2D eigenvalue weighted by atomic mass is 9.89. The van der Waals surface area contributed by atoms with Gasteiger partial charge in [0.25, 0.3) is 5.91 Å². The van der Waals surface area contributed by atoms with Crippen LogP contribution in [0, 0.1) is 5.82 Å². The number of likely N-dealkylation sites (tertiary alicyclic amines) is 1. The highest BCUT2D eigenvalue weighted by Gasteiger charge is 2.44. The van der Waals surface area contributed by atoms with E-state index in [0.717, 1.165) is 0 Å². The standard InChI is InChI=1S/C17H18F4N2O3/c1-10(24)8-22-15(25)13-6-2-5-12(14(13)18)11-4-3-7-23(9-11)16(26)17(19,20)21/h2,5-6,11H,3-4,7-9H2,1H3,(H,22,25). The predicted molar refractivity (Wildman–Crippen MR) is 84.0 cm³/mol. The van der Waals surface area contributed by atoms with Gasteiger partial charge in [-0.25, -0.2) is 4.39 Å². The number of amides is 2. The molecule has 1 fully saturated rings. The maximum Gasteiger partial charge on any atom is 0.471 e. The summed E-state index contributed by atoms with van der Waals surface area (Å²) in [6, 6.07) is 4.05. The number of halogens is 4. The normalized spacial score (nSPS) is 17.7. The highest BCUT2D eigenvalue weighted by atomic mass is 19.4. The Morgan fingerprint density at radius 1 is 1.27 bits per heavy atom. The Bertz CT molecular complexity index is 718. The van der Waals surface area contributed by atoms with E-state index in [1.54, 1.807) is 0 Å². The van der Waals surface area contributed by atoms with Crippen molar-refractivity contribution < 1.29 is 31.9 Å².